The monoisotopic (exact) mass is 86.1 g/mol. The molecule has 1 atom stereocenters. The van der Waals surface area contributed by atoms with E-state index in [1.807, 2.05) is 0 Å². The third kappa shape index (κ3) is 0.698. The SMILES string of the molecule is OC1CCC[N]1. The van der Waals surface area contributed by atoms with Crippen molar-refractivity contribution in [3.63, 3.8) is 0 Å². The maximum Gasteiger partial charge on any atom is 0.120 e. The molecule has 0 aliphatic carbocycles. The highest BCUT2D eigenvalue weighted by molar-refractivity contribution is 4.61. The average Bonchev–Trinajstić information content (AvgIpc) is 1.86. The summed E-state index contributed by atoms with van der Waals surface area (Å²) in [6, 6.07) is 0. The summed E-state index contributed by atoms with van der Waals surface area (Å²) >= 11 is 0. The van der Waals surface area contributed by atoms with Crippen molar-refractivity contribution in [1.29, 1.82) is 0 Å². The van der Waals surface area contributed by atoms with Crippen LogP contribution in [0.15, 0.2) is 0 Å². The maximum absolute atomic E-state index is 8.56. The third-order valence-electron chi connectivity index (χ3n) is 0.960. The molecule has 2 heteroatoms. The number of aliphatic hydroxyl groups excluding tert-OH is 1. The van der Waals surface area contributed by atoms with Gasteiger partial charge in [0.05, 0.1) is 0 Å². The van der Waals surface area contributed by atoms with E-state index in [0.717, 1.165) is 19.4 Å². The second kappa shape index (κ2) is 1.58. The summed E-state index contributed by atoms with van der Waals surface area (Å²) in [6.45, 7) is 0.862. The Balaban J connectivity index is 2.18. The van der Waals surface area contributed by atoms with Gasteiger partial charge in [0.1, 0.15) is 6.23 Å². The fraction of sp³-hybridized carbons (Fsp3) is 1.00. The minimum Gasteiger partial charge on any atom is -0.377 e. The van der Waals surface area contributed by atoms with Crippen LogP contribution in [0.25, 0.3) is 0 Å². The zero-order chi connectivity index (χ0) is 4.41. The van der Waals surface area contributed by atoms with Gasteiger partial charge in [-0.15, -0.1) is 0 Å². The second-order valence-electron chi connectivity index (χ2n) is 1.53. The molecule has 0 bridgehead atoms. The van der Waals surface area contributed by atoms with E-state index < -0.39 is 0 Å². The van der Waals surface area contributed by atoms with E-state index in [9.17, 15) is 0 Å². The molecule has 0 spiro atoms. The smallest absolute Gasteiger partial charge is 0.120 e. The van der Waals surface area contributed by atoms with Crippen molar-refractivity contribution < 1.29 is 5.11 Å². The second-order valence-corrected chi connectivity index (χ2v) is 1.53. The van der Waals surface area contributed by atoms with Gasteiger partial charge in [-0.05, 0) is 12.8 Å². The Bertz CT molecular complexity index is 40.8. The summed E-state index contributed by atoms with van der Waals surface area (Å²) in [7, 11) is 0. The Morgan fingerprint density at radius 1 is 1.67 bits per heavy atom. The van der Waals surface area contributed by atoms with Crippen molar-refractivity contribution in [1.82, 2.24) is 5.32 Å². The number of nitrogens with zero attached hydrogens (tertiary/aromatic N) is 1. The Labute approximate surface area is 37.2 Å². The molecule has 0 aromatic rings. The predicted molar refractivity (Wildman–Crippen MR) is 22.2 cm³/mol. The van der Waals surface area contributed by atoms with Crippen LogP contribution in [0.1, 0.15) is 12.8 Å². The summed E-state index contributed by atoms with van der Waals surface area (Å²) in [6.07, 6.45) is 1.62. The molecule has 2 nitrogen and oxygen atoms in total. The van der Waals surface area contributed by atoms with Gasteiger partial charge >= 0.3 is 0 Å². The normalized spacial score (nSPS) is 34.5. The lowest BCUT2D eigenvalue weighted by molar-refractivity contribution is 0.157. The molecule has 1 aliphatic heterocycles. The average molecular weight is 86.1 g/mol. The van der Waals surface area contributed by atoms with Crippen LogP contribution in [0, 0.1) is 0 Å². The van der Waals surface area contributed by atoms with Gasteiger partial charge in [0.25, 0.3) is 0 Å². The Hall–Kier alpha value is -0.0800. The predicted octanol–water partition coefficient (Wildman–Crippen LogP) is -0.297. The van der Waals surface area contributed by atoms with E-state index >= 15 is 0 Å². The van der Waals surface area contributed by atoms with Crippen LogP contribution in [0.4, 0.5) is 0 Å². The van der Waals surface area contributed by atoms with E-state index in [-0.39, 0.29) is 6.23 Å². The number of rotatable bonds is 0. The number of aliphatic hydroxyl groups is 1. The van der Waals surface area contributed by atoms with Crippen LogP contribution in [0.5, 0.6) is 0 Å². The minimum atomic E-state index is -0.329. The van der Waals surface area contributed by atoms with Crippen LogP contribution in [-0.4, -0.2) is 17.9 Å². The van der Waals surface area contributed by atoms with Crippen LogP contribution in [0.3, 0.4) is 0 Å². The lowest BCUT2D eigenvalue weighted by Gasteiger charge is -1.91. The summed E-state index contributed by atoms with van der Waals surface area (Å²) in [5.41, 5.74) is 0. The molecule has 1 radical (unpaired) electrons. The van der Waals surface area contributed by atoms with Crippen LogP contribution >= 0.6 is 0 Å². The topological polar surface area (TPSA) is 34.3 Å². The molecule has 6 heavy (non-hydrogen) atoms. The van der Waals surface area contributed by atoms with E-state index in [0.29, 0.717) is 0 Å². The standard InChI is InChI=1S/C4H8NO/c6-4-2-1-3-5-4/h4,6H,1-3H2. The Kier molecular flexibility index (Phi) is 1.08. The first-order chi connectivity index (χ1) is 2.89. The molecule has 1 fully saturated rings. The lowest BCUT2D eigenvalue weighted by Crippen LogP contribution is -2.11. The van der Waals surface area contributed by atoms with Gasteiger partial charge in [-0.2, -0.15) is 0 Å². The molecular weight excluding hydrogens is 78.0 g/mol. The van der Waals surface area contributed by atoms with E-state index in [1.54, 1.807) is 0 Å². The zero-order valence-electron chi connectivity index (χ0n) is 3.59. The van der Waals surface area contributed by atoms with Crippen molar-refractivity contribution in [3.05, 3.63) is 0 Å². The molecule has 1 saturated heterocycles. The third-order valence-corrected chi connectivity index (χ3v) is 0.960. The summed E-state index contributed by atoms with van der Waals surface area (Å²) < 4.78 is 0. The number of hydrogen-bond donors (Lipinski definition) is 1. The molecule has 1 aliphatic rings. The van der Waals surface area contributed by atoms with Gasteiger partial charge in [0.2, 0.25) is 0 Å². The van der Waals surface area contributed by atoms with Crippen molar-refractivity contribution in [2.75, 3.05) is 6.54 Å². The minimum absolute atomic E-state index is 0.329. The Morgan fingerprint density at radius 3 is 2.67 bits per heavy atom. The van der Waals surface area contributed by atoms with E-state index in [4.69, 9.17) is 5.11 Å². The van der Waals surface area contributed by atoms with Gasteiger partial charge in [-0.3, -0.25) is 0 Å². The first-order valence-electron chi connectivity index (χ1n) is 2.24. The molecule has 1 rings (SSSR count). The fourth-order valence-electron chi connectivity index (χ4n) is 0.605. The first kappa shape index (κ1) is 4.09. The van der Waals surface area contributed by atoms with Crippen LogP contribution in [-0.2, 0) is 0 Å². The zero-order valence-corrected chi connectivity index (χ0v) is 3.59. The molecule has 0 aromatic heterocycles. The highest BCUT2D eigenvalue weighted by atomic mass is 16.3. The summed E-state index contributed by atoms with van der Waals surface area (Å²) in [5.74, 6) is 0. The molecule has 1 heterocycles. The quantitative estimate of drug-likeness (QED) is 0.431. The van der Waals surface area contributed by atoms with Crippen molar-refractivity contribution >= 4 is 0 Å². The van der Waals surface area contributed by atoms with Gasteiger partial charge in [0.15, 0.2) is 0 Å². The molecule has 35 valence electrons. The van der Waals surface area contributed by atoms with Gasteiger partial charge in [0, 0.05) is 6.54 Å². The fourth-order valence-corrected chi connectivity index (χ4v) is 0.605. The molecule has 0 amide bonds. The van der Waals surface area contributed by atoms with E-state index in [2.05, 4.69) is 5.32 Å². The van der Waals surface area contributed by atoms with Crippen LogP contribution < -0.4 is 5.32 Å². The van der Waals surface area contributed by atoms with Crippen molar-refractivity contribution in [3.8, 4) is 0 Å². The molecular formula is C4H8NO. The van der Waals surface area contributed by atoms with Gasteiger partial charge < -0.3 is 5.11 Å². The molecule has 1 unspecified atom stereocenters. The highest BCUT2D eigenvalue weighted by Gasteiger charge is 2.09. The van der Waals surface area contributed by atoms with Gasteiger partial charge in [-0.1, -0.05) is 0 Å². The lowest BCUT2D eigenvalue weighted by atomic mass is 10.4. The molecule has 1 N–H and O–H groups in total. The first-order valence-corrected chi connectivity index (χ1v) is 2.24. The molecule has 0 aromatic carbocycles. The Morgan fingerprint density at radius 2 is 2.50 bits per heavy atom. The van der Waals surface area contributed by atoms with Crippen LogP contribution in [0.2, 0.25) is 0 Å². The van der Waals surface area contributed by atoms with Gasteiger partial charge in [-0.25, -0.2) is 5.32 Å². The highest BCUT2D eigenvalue weighted by Crippen LogP contribution is 2.01. The maximum atomic E-state index is 8.56. The largest absolute Gasteiger partial charge is 0.377 e. The van der Waals surface area contributed by atoms with Crippen molar-refractivity contribution in [2.45, 2.75) is 19.1 Å². The number of hydrogen-bond acceptors (Lipinski definition) is 1. The molecule has 0 saturated carbocycles. The van der Waals surface area contributed by atoms with E-state index in [1.165, 1.54) is 0 Å². The summed E-state index contributed by atoms with van der Waals surface area (Å²) in [5, 5.41) is 12.4. The summed E-state index contributed by atoms with van der Waals surface area (Å²) in [4.78, 5) is 0. The van der Waals surface area contributed by atoms with Crippen molar-refractivity contribution in [2.24, 2.45) is 0 Å².